The summed E-state index contributed by atoms with van der Waals surface area (Å²) in [6.07, 6.45) is 0. The molecule has 0 aliphatic heterocycles. The lowest BCUT2D eigenvalue weighted by Crippen LogP contribution is -2.25. The quantitative estimate of drug-likeness (QED) is 0.665. The highest BCUT2D eigenvalue weighted by Gasteiger charge is 2.08. The Morgan fingerprint density at radius 2 is 2.23 bits per heavy atom. The number of aryl methyl sites for hydroxylation is 1. The third-order valence-electron chi connectivity index (χ3n) is 3.38. The summed E-state index contributed by atoms with van der Waals surface area (Å²) in [4.78, 5) is 16.7. The maximum Gasteiger partial charge on any atom is 0.267 e. The zero-order chi connectivity index (χ0) is 15.4. The topological polar surface area (TPSA) is 44.9 Å². The molecule has 0 aliphatic carbocycles. The van der Waals surface area contributed by atoms with E-state index in [0.717, 1.165) is 22.4 Å². The summed E-state index contributed by atoms with van der Waals surface area (Å²) in [6.45, 7) is 2.74. The van der Waals surface area contributed by atoms with Gasteiger partial charge in [0.05, 0.1) is 0 Å². The standard InChI is InChI=1S/C17H18N2OS2/c1-12-4-5-15-13(9-12)10-16(19-15)17(20)18-6-8-21-11-14-3-2-7-22-14/h2-5,7,9-10,19H,6,8,11H2,1H3,(H,18,20). The lowest BCUT2D eigenvalue weighted by atomic mass is 10.2. The number of hydrogen-bond acceptors (Lipinski definition) is 3. The van der Waals surface area contributed by atoms with Crippen LogP contribution in [0.15, 0.2) is 41.8 Å². The number of hydrogen-bond donors (Lipinski definition) is 2. The second kappa shape index (κ2) is 7.03. The van der Waals surface area contributed by atoms with Gasteiger partial charge in [-0.05, 0) is 36.6 Å². The van der Waals surface area contributed by atoms with E-state index in [1.165, 1.54) is 10.4 Å². The maximum atomic E-state index is 12.1. The number of aromatic nitrogens is 1. The largest absolute Gasteiger partial charge is 0.351 e. The highest BCUT2D eigenvalue weighted by atomic mass is 32.2. The molecule has 2 aromatic heterocycles. The van der Waals surface area contributed by atoms with E-state index < -0.39 is 0 Å². The van der Waals surface area contributed by atoms with Crippen molar-refractivity contribution in [1.29, 1.82) is 0 Å². The third-order valence-corrected chi connectivity index (χ3v) is 5.44. The van der Waals surface area contributed by atoms with Crippen molar-refractivity contribution in [2.45, 2.75) is 12.7 Å². The van der Waals surface area contributed by atoms with Crippen LogP contribution in [0.4, 0.5) is 0 Å². The van der Waals surface area contributed by atoms with E-state index in [1.54, 1.807) is 11.3 Å². The average Bonchev–Trinajstić information content (AvgIpc) is 3.15. The van der Waals surface area contributed by atoms with Gasteiger partial charge in [0.25, 0.3) is 5.91 Å². The van der Waals surface area contributed by atoms with Crippen LogP contribution < -0.4 is 5.32 Å². The van der Waals surface area contributed by atoms with Crippen LogP contribution in [0.1, 0.15) is 20.9 Å². The summed E-state index contributed by atoms with van der Waals surface area (Å²) in [5, 5.41) is 6.14. The van der Waals surface area contributed by atoms with E-state index in [-0.39, 0.29) is 5.91 Å². The van der Waals surface area contributed by atoms with Crippen molar-refractivity contribution in [3.63, 3.8) is 0 Å². The molecule has 3 aromatic rings. The molecule has 22 heavy (non-hydrogen) atoms. The molecule has 0 bridgehead atoms. The van der Waals surface area contributed by atoms with Gasteiger partial charge in [-0.2, -0.15) is 11.8 Å². The minimum atomic E-state index is -0.0365. The number of aromatic amines is 1. The number of amides is 1. The smallest absolute Gasteiger partial charge is 0.267 e. The van der Waals surface area contributed by atoms with Gasteiger partial charge in [0.1, 0.15) is 5.69 Å². The van der Waals surface area contributed by atoms with Crippen LogP contribution in [0.25, 0.3) is 10.9 Å². The summed E-state index contributed by atoms with van der Waals surface area (Å²) in [5.41, 5.74) is 2.83. The van der Waals surface area contributed by atoms with Gasteiger partial charge in [-0.25, -0.2) is 0 Å². The van der Waals surface area contributed by atoms with Crippen LogP contribution in [0.2, 0.25) is 0 Å². The molecule has 3 nitrogen and oxygen atoms in total. The molecular formula is C17H18N2OS2. The fraction of sp³-hybridized carbons (Fsp3) is 0.235. The lowest BCUT2D eigenvalue weighted by Gasteiger charge is -2.03. The number of thioether (sulfide) groups is 1. The van der Waals surface area contributed by atoms with Gasteiger partial charge in [0, 0.05) is 33.8 Å². The minimum Gasteiger partial charge on any atom is -0.351 e. The van der Waals surface area contributed by atoms with Gasteiger partial charge in [0.2, 0.25) is 0 Å². The molecule has 3 rings (SSSR count). The predicted molar refractivity (Wildman–Crippen MR) is 95.8 cm³/mol. The molecule has 1 amide bonds. The van der Waals surface area contributed by atoms with Crippen molar-refractivity contribution in [1.82, 2.24) is 10.3 Å². The summed E-state index contributed by atoms with van der Waals surface area (Å²) in [5.74, 6) is 1.90. The van der Waals surface area contributed by atoms with E-state index in [2.05, 4.69) is 40.8 Å². The van der Waals surface area contributed by atoms with E-state index in [1.807, 2.05) is 30.0 Å². The number of fused-ring (bicyclic) bond motifs is 1. The Morgan fingerprint density at radius 3 is 3.05 bits per heavy atom. The van der Waals surface area contributed by atoms with Crippen molar-refractivity contribution in [3.05, 3.63) is 57.9 Å². The Bertz CT molecular complexity index is 762. The highest BCUT2D eigenvalue weighted by Crippen LogP contribution is 2.18. The van der Waals surface area contributed by atoms with Crippen molar-refractivity contribution < 1.29 is 4.79 Å². The van der Waals surface area contributed by atoms with E-state index in [0.29, 0.717) is 12.2 Å². The second-order valence-electron chi connectivity index (χ2n) is 5.16. The molecule has 1 aromatic carbocycles. The van der Waals surface area contributed by atoms with Gasteiger partial charge in [-0.1, -0.05) is 17.7 Å². The highest BCUT2D eigenvalue weighted by molar-refractivity contribution is 7.98. The van der Waals surface area contributed by atoms with Crippen LogP contribution in [0, 0.1) is 6.92 Å². The Balaban J connectivity index is 1.48. The first-order valence-electron chi connectivity index (χ1n) is 7.20. The zero-order valence-electron chi connectivity index (χ0n) is 12.4. The monoisotopic (exact) mass is 330 g/mol. The summed E-state index contributed by atoms with van der Waals surface area (Å²) >= 11 is 3.62. The minimum absolute atomic E-state index is 0.0365. The van der Waals surface area contributed by atoms with Gasteiger partial charge < -0.3 is 10.3 Å². The molecule has 0 aliphatic rings. The fourth-order valence-electron chi connectivity index (χ4n) is 2.27. The zero-order valence-corrected chi connectivity index (χ0v) is 14.0. The van der Waals surface area contributed by atoms with Crippen molar-refractivity contribution in [3.8, 4) is 0 Å². The fourth-order valence-corrected chi connectivity index (χ4v) is 3.97. The first-order chi connectivity index (χ1) is 10.7. The van der Waals surface area contributed by atoms with Crippen molar-refractivity contribution >= 4 is 39.9 Å². The van der Waals surface area contributed by atoms with Crippen LogP contribution >= 0.6 is 23.1 Å². The second-order valence-corrected chi connectivity index (χ2v) is 7.30. The van der Waals surface area contributed by atoms with Crippen molar-refractivity contribution in [2.24, 2.45) is 0 Å². The SMILES string of the molecule is Cc1ccc2[nH]c(C(=O)NCCSCc3cccs3)cc2c1. The maximum absolute atomic E-state index is 12.1. The number of benzene rings is 1. The number of thiophene rings is 1. The number of carbonyl (C=O) groups is 1. The molecule has 0 saturated carbocycles. The van der Waals surface area contributed by atoms with Crippen LogP contribution in [0.5, 0.6) is 0 Å². The van der Waals surface area contributed by atoms with Crippen LogP contribution in [-0.2, 0) is 5.75 Å². The number of rotatable bonds is 6. The normalized spacial score (nSPS) is 11.0. The molecule has 2 N–H and O–H groups in total. The van der Waals surface area contributed by atoms with E-state index in [9.17, 15) is 4.79 Å². The Labute approximate surface area is 138 Å². The van der Waals surface area contributed by atoms with Gasteiger partial charge in [0.15, 0.2) is 0 Å². The molecule has 0 radical (unpaired) electrons. The molecule has 0 unspecified atom stereocenters. The molecule has 5 heteroatoms. The summed E-state index contributed by atoms with van der Waals surface area (Å²) < 4.78 is 0. The third kappa shape index (κ3) is 3.72. The summed E-state index contributed by atoms with van der Waals surface area (Å²) in [7, 11) is 0. The molecule has 0 atom stereocenters. The molecule has 0 spiro atoms. The number of carbonyl (C=O) groups excluding carboxylic acids is 1. The predicted octanol–water partition coefficient (Wildman–Crippen LogP) is 4.20. The molecule has 0 saturated heterocycles. The van der Waals surface area contributed by atoms with Crippen LogP contribution in [0.3, 0.4) is 0 Å². The number of nitrogens with one attached hydrogen (secondary N) is 2. The molecule has 0 fully saturated rings. The Hall–Kier alpha value is -1.72. The number of H-pyrrole nitrogens is 1. The molecular weight excluding hydrogens is 312 g/mol. The average molecular weight is 330 g/mol. The van der Waals surface area contributed by atoms with Gasteiger partial charge >= 0.3 is 0 Å². The molecule has 2 heterocycles. The van der Waals surface area contributed by atoms with Crippen molar-refractivity contribution in [2.75, 3.05) is 12.3 Å². The lowest BCUT2D eigenvalue weighted by molar-refractivity contribution is 0.0952. The summed E-state index contributed by atoms with van der Waals surface area (Å²) in [6, 6.07) is 12.3. The van der Waals surface area contributed by atoms with E-state index >= 15 is 0 Å². The Kier molecular flexibility index (Phi) is 4.85. The van der Waals surface area contributed by atoms with Gasteiger partial charge in [-0.3, -0.25) is 4.79 Å². The first-order valence-corrected chi connectivity index (χ1v) is 9.23. The first kappa shape index (κ1) is 15.2. The molecule has 114 valence electrons. The Morgan fingerprint density at radius 1 is 1.32 bits per heavy atom. The van der Waals surface area contributed by atoms with Crippen LogP contribution in [-0.4, -0.2) is 23.2 Å². The van der Waals surface area contributed by atoms with Gasteiger partial charge in [-0.15, -0.1) is 11.3 Å². The van der Waals surface area contributed by atoms with E-state index in [4.69, 9.17) is 0 Å².